The van der Waals surface area contributed by atoms with Gasteiger partial charge in [-0.05, 0) is 25.8 Å². The van der Waals surface area contributed by atoms with Crippen molar-refractivity contribution < 1.29 is 14.0 Å². The Balaban J connectivity index is 1.23. The molecule has 0 amide bonds. The van der Waals surface area contributed by atoms with E-state index in [4.69, 9.17) is 14.0 Å². The van der Waals surface area contributed by atoms with Crippen molar-refractivity contribution in [2.45, 2.75) is 38.9 Å². The number of piperidine rings is 1. The molecule has 2 saturated heterocycles. The second-order valence-electron chi connectivity index (χ2n) is 8.76. The fraction of sp³-hybridized carbons (Fsp3) is 0.625. The van der Waals surface area contributed by atoms with Crippen molar-refractivity contribution in [2.24, 2.45) is 5.92 Å². The van der Waals surface area contributed by atoms with Gasteiger partial charge in [0.15, 0.2) is 0 Å². The Bertz CT molecular complexity index is 764. The van der Waals surface area contributed by atoms with Crippen LogP contribution in [0.2, 0.25) is 0 Å². The van der Waals surface area contributed by atoms with E-state index in [1.165, 1.54) is 18.4 Å². The Morgan fingerprint density at radius 3 is 2.87 bits per heavy atom. The molecule has 170 valence electrons. The lowest BCUT2D eigenvalue weighted by Gasteiger charge is -2.38. The molecular weight excluding hydrogens is 392 g/mol. The number of ether oxygens (including phenoxy) is 2. The highest BCUT2D eigenvalue weighted by Crippen LogP contribution is 2.25. The van der Waals surface area contributed by atoms with Crippen LogP contribution in [-0.4, -0.2) is 73.5 Å². The molecular formula is C24H36N4O3. The minimum atomic E-state index is 0.572. The summed E-state index contributed by atoms with van der Waals surface area (Å²) in [6.45, 7) is 11.6. The Morgan fingerprint density at radius 2 is 2.03 bits per heavy atom. The highest BCUT2D eigenvalue weighted by molar-refractivity contribution is 5.33. The molecule has 1 aromatic carbocycles. The first-order valence-corrected chi connectivity index (χ1v) is 11.6. The first-order valence-electron chi connectivity index (χ1n) is 11.6. The molecule has 0 radical (unpaired) electrons. The van der Waals surface area contributed by atoms with Gasteiger partial charge in [-0.1, -0.05) is 23.4 Å². The third-order valence-electron chi connectivity index (χ3n) is 6.43. The SMILES string of the molecule is CC1CCC(COc2ccccc2CN2CCOCC2)CN1CCNCc1ccon1. The summed E-state index contributed by atoms with van der Waals surface area (Å²) in [6.07, 6.45) is 4.08. The van der Waals surface area contributed by atoms with Gasteiger partial charge in [-0.15, -0.1) is 0 Å². The zero-order valence-electron chi connectivity index (χ0n) is 18.7. The number of nitrogens with one attached hydrogen (secondary N) is 1. The highest BCUT2D eigenvalue weighted by Gasteiger charge is 2.25. The molecule has 1 aromatic heterocycles. The van der Waals surface area contributed by atoms with Crippen molar-refractivity contribution >= 4 is 0 Å². The summed E-state index contributed by atoms with van der Waals surface area (Å²) in [5.41, 5.74) is 2.23. The second kappa shape index (κ2) is 11.6. The summed E-state index contributed by atoms with van der Waals surface area (Å²) in [7, 11) is 0. The molecule has 2 aromatic rings. The van der Waals surface area contributed by atoms with Crippen molar-refractivity contribution in [2.75, 3.05) is 52.5 Å². The fourth-order valence-corrected chi connectivity index (χ4v) is 4.46. The molecule has 7 nitrogen and oxygen atoms in total. The molecule has 3 heterocycles. The minimum absolute atomic E-state index is 0.572. The van der Waals surface area contributed by atoms with Crippen LogP contribution < -0.4 is 10.1 Å². The van der Waals surface area contributed by atoms with E-state index in [2.05, 4.69) is 51.5 Å². The molecule has 0 spiro atoms. The van der Waals surface area contributed by atoms with Crippen LogP contribution in [0.1, 0.15) is 31.0 Å². The Hall–Kier alpha value is -1.93. The number of aromatic nitrogens is 1. The van der Waals surface area contributed by atoms with Crippen LogP contribution in [0, 0.1) is 5.92 Å². The number of hydrogen-bond acceptors (Lipinski definition) is 7. The van der Waals surface area contributed by atoms with Gasteiger partial charge >= 0.3 is 0 Å². The van der Waals surface area contributed by atoms with Gasteiger partial charge in [0.05, 0.1) is 25.5 Å². The van der Waals surface area contributed by atoms with Crippen molar-refractivity contribution in [3.63, 3.8) is 0 Å². The molecule has 4 rings (SSSR count). The maximum atomic E-state index is 6.36. The van der Waals surface area contributed by atoms with Crippen LogP contribution >= 0.6 is 0 Å². The van der Waals surface area contributed by atoms with E-state index in [1.807, 2.05) is 6.07 Å². The van der Waals surface area contributed by atoms with E-state index in [1.54, 1.807) is 6.26 Å². The largest absolute Gasteiger partial charge is 0.493 e. The monoisotopic (exact) mass is 428 g/mol. The molecule has 2 aliphatic heterocycles. The maximum absolute atomic E-state index is 6.36. The standard InChI is InChI=1S/C24H36N4O3/c1-20-6-7-21(17-28(20)10-9-25-16-23-8-13-31-26-23)19-30-24-5-3-2-4-22(24)18-27-11-14-29-15-12-27/h2-5,8,13,20-21,25H,6-7,9-12,14-19H2,1H3. The van der Waals surface area contributed by atoms with Crippen molar-refractivity contribution in [3.05, 3.63) is 47.9 Å². The second-order valence-corrected chi connectivity index (χ2v) is 8.76. The Kier molecular flexibility index (Phi) is 8.35. The molecule has 2 unspecified atom stereocenters. The molecule has 0 saturated carbocycles. The molecule has 7 heteroatoms. The Labute approximate surface area is 185 Å². The normalized spacial score (nSPS) is 23.1. The van der Waals surface area contributed by atoms with Crippen LogP contribution in [0.3, 0.4) is 0 Å². The predicted molar refractivity (Wildman–Crippen MR) is 120 cm³/mol. The number of hydrogen-bond donors (Lipinski definition) is 1. The van der Waals surface area contributed by atoms with E-state index in [-0.39, 0.29) is 0 Å². The predicted octanol–water partition coefficient (Wildman–Crippen LogP) is 2.78. The molecule has 2 atom stereocenters. The minimum Gasteiger partial charge on any atom is -0.493 e. The summed E-state index contributed by atoms with van der Waals surface area (Å²) < 4.78 is 16.7. The van der Waals surface area contributed by atoms with Gasteiger partial charge in [-0.3, -0.25) is 9.80 Å². The third kappa shape index (κ3) is 6.77. The van der Waals surface area contributed by atoms with Gasteiger partial charge in [0.1, 0.15) is 12.0 Å². The average molecular weight is 429 g/mol. The van der Waals surface area contributed by atoms with Crippen molar-refractivity contribution in [3.8, 4) is 5.75 Å². The summed E-state index contributed by atoms with van der Waals surface area (Å²) in [4.78, 5) is 5.04. The lowest BCUT2D eigenvalue weighted by atomic mass is 9.94. The molecule has 2 fully saturated rings. The number of likely N-dealkylation sites (tertiary alicyclic amines) is 1. The quantitative estimate of drug-likeness (QED) is 0.584. The van der Waals surface area contributed by atoms with E-state index in [0.29, 0.717) is 12.0 Å². The first-order chi connectivity index (χ1) is 15.3. The summed E-state index contributed by atoms with van der Waals surface area (Å²) in [5, 5.41) is 7.41. The van der Waals surface area contributed by atoms with E-state index >= 15 is 0 Å². The van der Waals surface area contributed by atoms with E-state index in [9.17, 15) is 0 Å². The van der Waals surface area contributed by atoms with Crippen LogP contribution in [0.15, 0.2) is 41.1 Å². The zero-order valence-corrected chi connectivity index (χ0v) is 18.7. The molecule has 0 bridgehead atoms. The Morgan fingerprint density at radius 1 is 1.16 bits per heavy atom. The van der Waals surface area contributed by atoms with Gasteiger partial charge in [-0.25, -0.2) is 0 Å². The molecule has 1 N–H and O–H groups in total. The topological polar surface area (TPSA) is 63.0 Å². The number of nitrogens with zero attached hydrogens (tertiary/aromatic N) is 3. The van der Waals surface area contributed by atoms with Crippen LogP contribution in [0.5, 0.6) is 5.75 Å². The highest BCUT2D eigenvalue weighted by atomic mass is 16.5. The third-order valence-corrected chi connectivity index (χ3v) is 6.43. The number of para-hydroxylation sites is 1. The smallest absolute Gasteiger partial charge is 0.124 e. The molecule has 31 heavy (non-hydrogen) atoms. The van der Waals surface area contributed by atoms with Crippen LogP contribution in [-0.2, 0) is 17.8 Å². The van der Waals surface area contributed by atoms with Crippen LogP contribution in [0.4, 0.5) is 0 Å². The number of rotatable bonds is 10. The maximum Gasteiger partial charge on any atom is 0.124 e. The van der Waals surface area contributed by atoms with Gasteiger partial charge in [-0.2, -0.15) is 0 Å². The van der Waals surface area contributed by atoms with Gasteiger partial charge in [0.25, 0.3) is 0 Å². The fourth-order valence-electron chi connectivity index (χ4n) is 4.46. The molecule has 2 aliphatic rings. The first kappa shape index (κ1) is 22.3. The zero-order chi connectivity index (χ0) is 21.3. The number of benzene rings is 1. The lowest BCUT2D eigenvalue weighted by Crippen LogP contribution is -2.46. The van der Waals surface area contributed by atoms with Crippen LogP contribution in [0.25, 0.3) is 0 Å². The van der Waals surface area contributed by atoms with E-state index < -0.39 is 0 Å². The van der Waals surface area contributed by atoms with Crippen molar-refractivity contribution in [1.29, 1.82) is 0 Å². The van der Waals surface area contributed by atoms with Crippen molar-refractivity contribution in [1.82, 2.24) is 20.3 Å². The van der Waals surface area contributed by atoms with Gasteiger partial charge < -0.3 is 19.3 Å². The van der Waals surface area contributed by atoms with Gasteiger partial charge in [0, 0.05) is 69.4 Å². The van der Waals surface area contributed by atoms with E-state index in [0.717, 1.165) is 77.1 Å². The summed E-state index contributed by atoms with van der Waals surface area (Å²) >= 11 is 0. The summed E-state index contributed by atoms with van der Waals surface area (Å²) in [5.74, 6) is 1.61. The summed E-state index contributed by atoms with van der Waals surface area (Å²) in [6, 6.07) is 11.0. The lowest BCUT2D eigenvalue weighted by molar-refractivity contribution is 0.0335. The van der Waals surface area contributed by atoms with Gasteiger partial charge in [0.2, 0.25) is 0 Å². The molecule has 0 aliphatic carbocycles. The average Bonchev–Trinajstić information content (AvgIpc) is 3.32. The number of morpholine rings is 1.